The number of nitrogens with two attached hydrogens (primary N) is 1. The van der Waals surface area contributed by atoms with Crippen LogP contribution in [0.15, 0.2) is 24.3 Å². The summed E-state index contributed by atoms with van der Waals surface area (Å²) in [5, 5.41) is 2.64. The van der Waals surface area contributed by atoms with E-state index in [4.69, 9.17) is 5.73 Å². The Morgan fingerprint density at radius 2 is 2.05 bits per heavy atom. The lowest BCUT2D eigenvalue weighted by Gasteiger charge is -2.13. The number of hydrogen-bond acceptors (Lipinski definition) is 4. The normalized spacial score (nSPS) is 12.3. The fourth-order valence-electron chi connectivity index (χ4n) is 1.53. The molecule has 1 atom stereocenters. The Bertz CT molecular complexity index is 532. The molecule has 0 spiro atoms. The highest BCUT2D eigenvalue weighted by Crippen LogP contribution is 2.06. The zero-order chi connectivity index (χ0) is 13.8. The number of benzene rings is 1. The van der Waals surface area contributed by atoms with Crippen molar-refractivity contribution < 1.29 is 13.2 Å². The van der Waals surface area contributed by atoms with E-state index in [9.17, 15) is 13.2 Å². The van der Waals surface area contributed by atoms with Crippen LogP contribution in [0.1, 0.15) is 24.2 Å². The van der Waals surface area contributed by atoms with Crippen molar-refractivity contribution in [3.63, 3.8) is 0 Å². The van der Waals surface area contributed by atoms with Crippen molar-refractivity contribution in [1.82, 2.24) is 5.32 Å². The summed E-state index contributed by atoms with van der Waals surface area (Å²) in [5.41, 5.74) is 6.50. The van der Waals surface area contributed by atoms with Crippen LogP contribution in [0, 0.1) is 0 Å². The highest BCUT2D eigenvalue weighted by atomic mass is 35.5. The molecule has 1 rings (SSSR count). The molecule has 0 aliphatic carbocycles. The molecule has 1 amide bonds. The number of sulfone groups is 1. The molecule has 0 fully saturated rings. The van der Waals surface area contributed by atoms with E-state index in [2.05, 4.69) is 5.32 Å². The van der Waals surface area contributed by atoms with Crippen LogP contribution in [-0.4, -0.2) is 31.9 Å². The van der Waals surface area contributed by atoms with Crippen molar-refractivity contribution in [2.24, 2.45) is 0 Å². The molecule has 0 radical (unpaired) electrons. The first-order valence-electron chi connectivity index (χ1n) is 5.71. The molecule has 5 nitrogen and oxygen atoms in total. The van der Waals surface area contributed by atoms with E-state index in [0.717, 1.165) is 0 Å². The van der Waals surface area contributed by atoms with Gasteiger partial charge in [-0.1, -0.05) is 13.0 Å². The van der Waals surface area contributed by atoms with Crippen molar-refractivity contribution in [2.75, 3.05) is 17.2 Å². The lowest BCUT2D eigenvalue weighted by Crippen LogP contribution is -2.37. The Morgan fingerprint density at radius 3 is 2.58 bits per heavy atom. The zero-order valence-electron chi connectivity index (χ0n) is 10.9. The van der Waals surface area contributed by atoms with Gasteiger partial charge in [0.1, 0.15) is 0 Å². The lowest BCUT2D eigenvalue weighted by atomic mass is 10.2. The van der Waals surface area contributed by atoms with E-state index < -0.39 is 15.9 Å². The number of hydrogen-bond donors (Lipinski definition) is 2. The summed E-state index contributed by atoms with van der Waals surface area (Å²) in [6.07, 6.45) is 0. The fourth-order valence-corrected chi connectivity index (χ4v) is 2.61. The average Bonchev–Trinajstić information content (AvgIpc) is 2.28. The van der Waals surface area contributed by atoms with Gasteiger partial charge in [-0.3, -0.25) is 4.79 Å². The summed E-state index contributed by atoms with van der Waals surface area (Å²) in [7, 11) is -3.09. The first-order valence-corrected chi connectivity index (χ1v) is 7.53. The highest BCUT2D eigenvalue weighted by molar-refractivity contribution is 7.91. The molecule has 0 aliphatic heterocycles. The van der Waals surface area contributed by atoms with Gasteiger partial charge in [0.15, 0.2) is 9.84 Å². The molecule has 108 valence electrons. The molecule has 19 heavy (non-hydrogen) atoms. The number of halogens is 1. The second-order valence-corrected chi connectivity index (χ2v) is 6.60. The topological polar surface area (TPSA) is 89.3 Å². The van der Waals surface area contributed by atoms with E-state index in [1.165, 1.54) is 0 Å². The van der Waals surface area contributed by atoms with Gasteiger partial charge in [-0.2, -0.15) is 0 Å². The van der Waals surface area contributed by atoms with Crippen LogP contribution in [0.25, 0.3) is 0 Å². The molecule has 0 aliphatic rings. The van der Waals surface area contributed by atoms with E-state index in [0.29, 0.717) is 11.3 Å². The second-order valence-electron chi connectivity index (χ2n) is 4.20. The summed E-state index contributed by atoms with van der Waals surface area (Å²) in [6, 6.07) is 6.12. The first-order chi connectivity index (χ1) is 8.34. The third kappa shape index (κ3) is 5.94. The van der Waals surface area contributed by atoms with Crippen molar-refractivity contribution in [2.45, 2.75) is 19.9 Å². The third-order valence-electron chi connectivity index (χ3n) is 2.47. The van der Waals surface area contributed by atoms with Gasteiger partial charge in [-0.05, 0) is 25.1 Å². The molecular weight excluding hydrogens is 288 g/mol. The minimum Gasteiger partial charge on any atom is -0.399 e. The van der Waals surface area contributed by atoms with E-state index in [-0.39, 0.29) is 29.8 Å². The summed E-state index contributed by atoms with van der Waals surface area (Å²) < 4.78 is 22.8. The smallest absolute Gasteiger partial charge is 0.251 e. The van der Waals surface area contributed by atoms with Gasteiger partial charge in [0, 0.05) is 23.0 Å². The van der Waals surface area contributed by atoms with Gasteiger partial charge in [0.05, 0.1) is 5.75 Å². The number of nitrogens with one attached hydrogen (secondary N) is 1. The highest BCUT2D eigenvalue weighted by Gasteiger charge is 2.16. The molecule has 7 heteroatoms. The minimum atomic E-state index is -3.09. The molecule has 0 heterocycles. The van der Waals surface area contributed by atoms with Gasteiger partial charge >= 0.3 is 0 Å². The average molecular weight is 307 g/mol. The summed E-state index contributed by atoms with van der Waals surface area (Å²) in [5.74, 6) is -0.302. The van der Waals surface area contributed by atoms with Crippen molar-refractivity contribution in [1.29, 1.82) is 0 Å². The van der Waals surface area contributed by atoms with Gasteiger partial charge in [-0.15, -0.1) is 12.4 Å². The number of rotatable bonds is 5. The summed E-state index contributed by atoms with van der Waals surface area (Å²) >= 11 is 0. The van der Waals surface area contributed by atoms with Crippen LogP contribution >= 0.6 is 12.4 Å². The van der Waals surface area contributed by atoms with Gasteiger partial charge < -0.3 is 11.1 Å². The summed E-state index contributed by atoms with van der Waals surface area (Å²) in [4.78, 5) is 11.8. The Balaban J connectivity index is 0.00000324. The van der Waals surface area contributed by atoms with Gasteiger partial charge in [-0.25, -0.2) is 8.42 Å². The van der Waals surface area contributed by atoms with Gasteiger partial charge in [0.25, 0.3) is 5.91 Å². The van der Waals surface area contributed by atoms with E-state index in [1.807, 2.05) is 0 Å². The monoisotopic (exact) mass is 306 g/mol. The number of carbonyl (C=O) groups is 1. The molecule has 0 bridgehead atoms. The molecular formula is C12H19ClN2O3S. The van der Waals surface area contributed by atoms with E-state index in [1.54, 1.807) is 38.1 Å². The molecule has 0 saturated heterocycles. The molecule has 1 aromatic carbocycles. The van der Waals surface area contributed by atoms with Crippen LogP contribution < -0.4 is 11.1 Å². The maximum atomic E-state index is 11.8. The van der Waals surface area contributed by atoms with Crippen LogP contribution in [-0.2, 0) is 9.84 Å². The molecule has 3 N–H and O–H groups in total. The Kier molecular flexibility index (Phi) is 6.86. The van der Waals surface area contributed by atoms with Crippen LogP contribution in [0.4, 0.5) is 5.69 Å². The fraction of sp³-hybridized carbons (Fsp3) is 0.417. The predicted molar refractivity (Wildman–Crippen MR) is 79.4 cm³/mol. The van der Waals surface area contributed by atoms with Crippen LogP contribution in [0.5, 0.6) is 0 Å². The van der Waals surface area contributed by atoms with Crippen molar-refractivity contribution in [3.05, 3.63) is 29.8 Å². The lowest BCUT2D eigenvalue weighted by molar-refractivity contribution is 0.0943. The Hall–Kier alpha value is -1.27. The van der Waals surface area contributed by atoms with Crippen LogP contribution in [0.3, 0.4) is 0 Å². The molecule has 1 aromatic rings. The molecule has 1 unspecified atom stereocenters. The molecule has 0 aromatic heterocycles. The zero-order valence-corrected chi connectivity index (χ0v) is 12.6. The first kappa shape index (κ1) is 17.7. The number of amides is 1. The van der Waals surface area contributed by atoms with E-state index >= 15 is 0 Å². The Labute approximate surface area is 119 Å². The largest absolute Gasteiger partial charge is 0.399 e. The maximum absolute atomic E-state index is 11.8. The second kappa shape index (κ2) is 7.35. The Morgan fingerprint density at radius 1 is 1.42 bits per heavy atom. The standard InChI is InChI=1S/C12H18N2O3S.ClH/c1-3-18(16,17)8-9(2)14-12(15)10-5-4-6-11(13)7-10;/h4-7,9H,3,8,13H2,1-2H3,(H,14,15);1H. The maximum Gasteiger partial charge on any atom is 0.251 e. The van der Waals surface area contributed by atoms with Crippen molar-refractivity contribution in [3.8, 4) is 0 Å². The minimum absolute atomic E-state index is 0. The predicted octanol–water partition coefficient (Wildman–Crippen LogP) is 1.24. The molecule has 0 saturated carbocycles. The quantitative estimate of drug-likeness (QED) is 0.801. The SMILES string of the molecule is CCS(=O)(=O)CC(C)NC(=O)c1cccc(N)c1.Cl. The van der Waals surface area contributed by atoms with Gasteiger partial charge in [0.2, 0.25) is 0 Å². The number of carbonyl (C=O) groups excluding carboxylic acids is 1. The van der Waals surface area contributed by atoms with Crippen molar-refractivity contribution >= 4 is 33.8 Å². The summed E-state index contributed by atoms with van der Waals surface area (Å²) in [6.45, 7) is 3.25. The number of anilines is 1. The third-order valence-corrected chi connectivity index (χ3v) is 4.36. The van der Waals surface area contributed by atoms with Crippen LogP contribution in [0.2, 0.25) is 0 Å². The number of nitrogen functional groups attached to an aromatic ring is 1.